The lowest BCUT2D eigenvalue weighted by Gasteiger charge is -2.25. The first kappa shape index (κ1) is 22.3. The number of thiophene rings is 1. The van der Waals surface area contributed by atoms with Crippen molar-refractivity contribution in [2.24, 2.45) is 0 Å². The van der Waals surface area contributed by atoms with Crippen LogP contribution in [0.3, 0.4) is 0 Å². The van der Waals surface area contributed by atoms with Crippen LogP contribution >= 0.6 is 11.3 Å². The number of esters is 2. The van der Waals surface area contributed by atoms with Gasteiger partial charge in [0.05, 0.1) is 20.6 Å². The minimum atomic E-state index is -3.56. The van der Waals surface area contributed by atoms with Crippen LogP contribution in [0.5, 0.6) is 0 Å². The second kappa shape index (κ2) is 9.99. The van der Waals surface area contributed by atoms with E-state index in [1.807, 2.05) is 0 Å². The van der Waals surface area contributed by atoms with Gasteiger partial charge in [-0.25, -0.2) is 8.42 Å². The summed E-state index contributed by atoms with van der Waals surface area (Å²) < 4.78 is 36.2. The van der Waals surface area contributed by atoms with Gasteiger partial charge in [0.25, 0.3) is 10.0 Å². The maximum atomic E-state index is 12.7. The van der Waals surface area contributed by atoms with Gasteiger partial charge in [-0.1, -0.05) is 6.42 Å². The number of piperidine rings is 1. The van der Waals surface area contributed by atoms with Gasteiger partial charge in [-0.3, -0.25) is 14.4 Å². The molecule has 0 aliphatic carbocycles. The van der Waals surface area contributed by atoms with Crippen LogP contribution in [0, 0.1) is 0 Å². The van der Waals surface area contributed by atoms with Crippen LogP contribution in [0.4, 0.5) is 0 Å². The van der Waals surface area contributed by atoms with Crippen molar-refractivity contribution in [3.8, 4) is 0 Å². The summed E-state index contributed by atoms with van der Waals surface area (Å²) in [6.07, 6.45) is 2.57. The van der Waals surface area contributed by atoms with Crippen LogP contribution in [0.1, 0.15) is 24.1 Å². The van der Waals surface area contributed by atoms with Crippen LogP contribution in [-0.2, 0) is 40.3 Å². The zero-order chi connectivity index (χ0) is 20.7. The number of methoxy groups -OCH3 is 2. The molecule has 0 spiro atoms. The fraction of sp³-hybridized carbons (Fsp3) is 0.588. The number of carbonyl (C=O) groups excluding carboxylic acids is 3. The third kappa shape index (κ3) is 5.76. The molecular weight excluding hydrogens is 408 g/mol. The molecule has 156 valence electrons. The normalized spacial score (nSPS) is 15.1. The molecule has 9 nitrogen and oxygen atoms in total. The van der Waals surface area contributed by atoms with Gasteiger partial charge in [0.1, 0.15) is 17.3 Å². The molecule has 11 heteroatoms. The van der Waals surface area contributed by atoms with E-state index in [9.17, 15) is 22.8 Å². The van der Waals surface area contributed by atoms with E-state index >= 15 is 0 Å². The third-order valence-corrected chi connectivity index (χ3v) is 7.77. The molecule has 1 aliphatic heterocycles. The molecule has 0 bridgehead atoms. The Hall–Kier alpha value is -1.98. The van der Waals surface area contributed by atoms with Crippen molar-refractivity contribution in [2.75, 3.05) is 40.4 Å². The van der Waals surface area contributed by atoms with Crippen molar-refractivity contribution in [1.82, 2.24) is 9.21 Å². The number of hydrogen-bond donors (Lipinski definition) is 0. The maximum absolute atomic E-state index is 12.7. The van der Waals surface area contributed by atoms with E-state index in [-0.39, 0.29) is 10.6 Å². The van der Waals surface area contributed by atoms with Crippen LogP contribution in [-0.4, -0.2) is 75.9 Å². The summed E-state index contributed by atoms with van der Waals surface area (Å²) in [5.74, 6) is -1.84. The van der Waals surface area contributed by atoms with E-state index in [1.165, 1.54) is 24.6 Å². The van der Waals surface area contributed by atoms with Gasteiger partial charge in [-0.05, 0) is 25.0 Å². The largest absolute Gasteiger partial charge is 0.468 e. The number of carbonyl (C=O) groups is 3. The lowest BCUT2D eigenvalue weighted by Crippen LogP contribution is -2.40. The maximum Gasteiger partial charge on any atom is 0.325 e. The number of sulfonamides is 1. The highest BCUT2D eigenvalue weighted by Crippen LogP contribution is 2.27. The van der Waals surface area contributed by atoms with Crippen molar-refractivity contribution in [3.05, 3.63) is 17.0 Å². The van der Waals surface area contributed by atoms with Crippen molar-refractivity contribution in [3.63, 3.8) is 0 Å². The van der Waals surface area contributed by atoms with Crippen LogP contribution in [0.25, 0.3) is 0 Å². The van der Waals surface area contributed by atoms with Crippen LogP contribution in [0.2, 0.25) is 0 Å². The van der Waals surface area contributed by atoms with E-state index < -0.39 is 41.0 Å². The van der Waals surface area contributed by atoms with Gasteiger partial charge in [0.15, 0.2) is 0 Å². The van der Waals surface area contributed by atoms with E-state index in [4.69, 9.17) is 0 Å². The van der Waals surface area contributed by atoms with Crippen molar-refractivity contribution >= 4 is 39.2 Å². The predicted molar refractivity (Wildman–Crippen MR) is 101 cm³/mol. The Kier molecular flexibility index (Phi) is 7.96. The monoisotopic (exact) mass is 432 g/mol. The van der Waals surface area contributed by atoms with Gasteiger partial charge in [0.2, 0.25) is 5.91 Å². The van der Waals surface area contributed by atoms with Crippen LogP contribution in [0.15, 0.2) is 16.3 Å². The molecule has 28 heavy (non-hydrogen) atoms. The second-order valence-corrected chi connectivity index (χ2v) is 9.60. The van der Waals surface area contributed by atoms with Gasteiger partial charge in [-0.2, -0.15) is 4.31 Å². The predicted octanol–water partition coefficient (Wildman–Crippen LogP) is 0.640. The number of ether oxygens (including phenoxy) is 2. The highest BCUT2D eigenvalue weighted by atomic mass is 32.2. The molecule has 2 rings (SSSR count). The van der Waals surface area contributed by atoms with E-state index in [1.54, 1.807) is 6.07 Å². The minimum Gasteiger partial charge on any atom is -0.468 e. The Labute approximate surface area is 168 Å². The first-order chi connectivity index (χ1) is 13.3. The molecule has 1 saturated heterocycles. The third-order valence-electron chi connectivity index (χ3n) is 4.32. The lowest BCUT2D eigenvalue weighted by molar-refractivity contribution is -0.151. The first-order valence-corrected chi connectivity index (χ1v) is 11.0. The quantitative estimate of drug-likeness (QED) is 0.554. The lowest BCUT2D eigenvalue weighted by atomic mass is 10.2. The summed E-state index contributed by atoms with van der Waals surface area (Å²) in [5, 5.41) is 0. The summed E-state index contributed by atoms with van der Waals surface area (Å²) >= 11 is 1.02. The Morgan fingerprint density at radius 2 is 1.61 bits per heavy atom. The standard InChI is InChI=1S/C17H24N2O7S2/c1-25-15(21)11-18(12-16(22)26-2)14(20)10-13-6-7-17(27-13)28(23,24)19-8-4-3-5-9-19/h6-7H,3-5,8-12H2,1-2H3. The van der Waals surface area contributed by atoms with Crippen molar-refractivity contribution in [1.29, 1.82) is 0 Å². The van der Waals surface area contributed by atoms with Crippen molar-refractivity contribution < 1.29 is 32.3 Å². The summed E-state index contributed by atoms with van der Waals surface area (Å²) in [6.45, 7) is 0.213. The SMILES string of the molecule is COC(=O)CN(CC(=O)OC)C(=O)Cc1ccc(S(=O)(=O)N2CCCCC2)s1. The first-order valence-electron chi connectivity index (χ1n) is 8.78. The molecule has 2 heterocycles. The fourth-order valence-corrected chi connectivity index (χ4v) is 5.78. The fourth-order valence-electron chi connectivity index (χ4n) is 2.76. The molecule has 1 amide bonds. The second-order valence-electron chi connectivity index (χ2n) is 6.26. The molecule has 1 aromatic rings. The summed E-state index contributed by atoms with van der Waals surface area (Å²) in [6, 6.07) is 3.07. The highest BCUT2D eigenvalue weighted by molar-refractivity contribution is 7.91. The zero-order valence-corrected chi connectivity index (χ0v) is 17.5. The minimum absolute atomic E-state index is 0.131. The summed E-state index contributed by atoms with van der Waals surface area (Å²) in [7, 11) is -1.20. The van der Waals surface area contributed by atoms with Crippen LogP contribution < -0.4 is 0 Å². The highest BCUT2D eigenvalue weighted by Gasteiger charge is 2.28. The Balaban J connectivity index is 2.09. The number of amides is 1. The average Bonchev–Trinajstić information content (AvgIpc) is 3.17. The van der Waals surface area contributed by atoms with Crippen molar-refractivity contribution in [2.45, 2.75) is 29.9 Å². The van der Waals surface area contributed by atoms with Gasteiger partial charge < -0.3 is 14.4 Å². The van der Waals surface area contributed by atoms with E-state index in [0.29, 0.717) is 18.0 Å². The zero-order valence-electron chi connectivity index (χ0n) is 15.9. The van der Waals surface area contributed by atoms with E-state index in [0.717, 1.165) is 35.5 Å². The molecule has 1 aliphatic rings. The number of nitrogens with zero attached hydrogens (tertiary/aromatic N) is 2. The molecule has 0 aromatic carbocycles. The Morgan fingerprint density at radius 3 is 2.14 bits per heavy atom. The molecule has 1 aromatic heterocycles. The number of hydrogen-bond acceptors (Lipinski definition) is 8. The smallest absolute Gasteiger partial charge is 0.325 e. The molecule has 0 unspecified atom stereocenters. The van der Waals surface area contributed by atoms with Gasteiger partial charge >= 0.3 is 11.9 Å². The number of rotatable bonds is 8. The summed E-state index contributed by atoms with van der Waals surface area (Å²) in [5.41, 5.74) is 0. The average molecular weight is 433 g/mol. The summed E-state index contributed by atoms with van der Waals surface area (Å²) in [4.78, 5) is 37.1. The molecular formula is C17H24N2O7S2. The molecule has 1 fully saturated rings. The topological polar surface area (TPSA) is 110 Å². The molecule has 0 atom stereocenters. The Morgan fingerprint density at radius 1 is 1.04 bits per heavy atom. The Bertz CT molecular complexity index is 795. The van der Waals surface area contributed by atoms with Gasteiger partial charge in [-0.15, -0.1) is 11.3 Å². The molecule has 0 saturated carbocycles. The molecule has 0 N–H and O–H groups in total. The van der Waals surface area contributed by atoms with Gasteiger partial charge in [0, 0.05) is 18.0 Å². The van der Waals surface area contributed by atoms with E-state index in [2.05, 4.69) is 9.47 Å². The molecule has 0 radical (unpaired) electrons.